The maximum absolute atomic E-state index is 9.13. The predicted octanol–water partition coefficient (Wildman–Crippen LogP) is 0.814. The van der Waals surface area contributed by atoms with E-state index >= 15 is 0 Å². The van der Waals surface area contributed by atoms with E-state index in [-0.39, 0.29) is 6.04 Å². The Balaban J connectivity index is 3.88. The Bertz CT molecular complexity index is 85.5. The van der Waals surface area contributed by atoms with E-state index in [1.807, 2.05) is 0 Å². The van der Waals surface area contributed by atoms with Crippen molar-refractivity contribution >= 4 is 0 Å². The summed E-state index contributed by atoms with van der Waals surface area (Å²) >= 11 is 0. The Morgan fingerprint density at radius 2 is 1.67 bits per heavy atom. The van der Waals surface area contributed by atoms with Gasteiger partial charge in [-0.05, 0) is 27.7 Å². The molecule has 0 spiro atoms. The molecule has 0 aliphatic carbocycles. The van der Waals surface area contributed by atoms with Crippen LogP contribution in [0.4, 0.5) is 0 Å². The minimum absolute atomic E-state index is 0.0509. The molecule has 0 radical (unpaired) electrons. The van der Waals surface area contributed by atoms with Crippen molar-refractivity contribution in [3.05, 3.63) is 0 Å². The summed E-state index contributed by atoms with van der Waals surface area (Å²) in [5.41, 5.74) is -1.13. The van der Waals surface area contributed by atoms with E-state index < -0.39 is 5.72 Å². The van der Waals surface area contributed by atoms with Crippen LogP contribution in [0.3, 0.4) is 0 Å². The molecule has 0 bridgehead atoms. The lowest BCUT2D eigenvalue weighted by Crippen LogP contribution is -2.45. The fourth-order valence-corrected chi connectivity index (χ4v) is 0.632. The van der Waals surface area contributed by atoms with Gasteiger partial charge in [0.1, 0.15) is 5.72 Å². The van der Waals surface area contributed by atoms with Gasteiger partial charge in [0.25, 0.3) is 0 Å². The van der Waals surface area contributed by atoms with E-state index in [4.69, 9.17) is 10.3 Å². The molecule has 2 N–H and O–H groups in total. The van der Waals surface area contributed by atoms with Crippen LogP contribution in [0.1, 0.15) is 27.7 Å². The number of hydrogen-bond donors (Lipinski definition) is 2. The molecule has 0 aromatic heterocycles. The summed E-state index contributed by atoms with van der Waals surface area (Å²) in [6.07, 6.45) is 0. The van der Waals surface area contributed by atoms with Gasteiger partial charge in [0, 0.05) is 6.04 Å². The maximum Gasteiger partial charge on any atom is 0.135 e. The normalized spacial score (nSPS) is 13.3. The molecule has 3 heteroatoms. The Kier molecular flexibility index (Phi) is 2.61. The van der Waals surface area contributed by atoms with Crippen molar-refractivity contribution in [3.63, 3.8) is 0 Å². The molecule has 0 aromatic rings. The monoisotopic (exact) mass is 133 g/mol. The lowest BCUT2D eigenvalue weighted by molar-refractivity contribution is -0.262. The topological polar surface area (TPSA) is 43.7 Å². The van der Waals surface area contributed by atoms with E-state index in [9.17, 15) is 0 Å². The first kappa shape index (κ1) is 8.88. The van der Waals surface area contributed by atoms with Crippen molar-refractivity contribution in [3.8, 4) is 0 Å². The Morgan fingerprint density at radius 3 is 1.67 bits per heavy atom. The van der Waals surface area contributed by atoms with E-state index in [0.29, 0.717) is 0 Å². The quantitative estimate of drug-likeness (QED) is 0.433. The molecule has 0 saturated heterocycles. The van der Waals surface area contributed by atoms with Gasteiger partial charge in [-0.15, -0.1) is 0 Å². The summed E-state index contributed by atoms with van der Waals surface area (Å²) in [6.45, 7) is 6.68. The second-order valence-corrected chi connectivity index (χ2v) is 2.93. The molecule has 0 saturated carbocycles. The number of aliphatic hydroxyl groups is 1. The van der Waals surface area contributed by atoms with Crippen LogP contribution < -0.4 is 0 Å². The lowest BCUT2D eigenvalue weighted by atomic mass is 10.2. The molecule has 0 rings (SSSR count). The Hall–Kier alpha value is -0.120. The SMILES string of the molecule is CC(C)N(O)C(C)(C)O. The summed E-state index contributed by atoms with van der Waals surface area (Å²) in [5.74, 6) is 0. The minimum Gasteiger partial charge on any atom is -0.374 e. The number of hydroxylamine groups is 2. The molecule has 56 valence electrons. The second-order valence-electron chi connectivity index (χ2n) is 2.93. The largest absolute Gasteiger partial charge is 0.374 e. The fraction of sp³-hybridized carbons (Fsp3) is 1.00. The molecule has 0 fully saturated rings. The number of nitrogens with zero attached hydrogens (tertiary/aromatic N) is 1. The summed E-state index contributed by atoms with van der Waals surface area (Å²) < 4.78 is 0. The van der Waals surface area contributed by atoms with Crippen molar-refractivity contribution in [1.82, 2.24) is 5.06 Å². The summed E-state index contributed by atoms with van der Waals surface area (Å²) in [6, 6.07) is -0.0509. The highest BCUT2D eigenvalue weighted by Gasteiger charge is 2.23. The van der Waals surface area contributed by atoms with Gasteiger partial charge >= 0.3 is 0 Å². The van der Waals surface area contributed by atoms with Crippen LogP contribution in [-0.4, -0.2) is 27.1 Å². The van der Waals surface area contributed by atoms with Crippen LogP contribution in [0.2, 0.25) is 0 Å². The molecule has 3 nitrogen and oxygen atoms in total. The third kappa shape index (κ3) is 2.79. The summed E-state index contributed by atoms with van der Waals surface area (Å²) in [4.78, 5) is 0. The average molecular weight is 133 g/mol. The Labute approximate surface area is 55.9 Å². The van der Waals surface area contributed by atoms with Gasteiger partial charge in [-0.2, -0.15) is 5.06 Å². The molecule has 0 amide bonds. The predicted molar refractivity (Wildman–Crippen MR) is 35.1 cm³/mol. The first-order valence-electron chi connectivity index (χ1n) is 3.06. The smallest absolute Gasteiger partial charge is 0.135 e. The minimum atomic E-state index is -1.13. The van der Waals surface area contributed by atoms with E-state index in [2.05, 4.69) is 0 Å². The van der Waals surface area contributed by atoms with Crippen molar-refractivity contribution in [2.24, 2.45) is 0 Å². The standard InChI is InChI=1S/C6H15NO2/c1-5(2)7(9)6(3,4)8/h5,8-9H,1-4H3. The highest BCUT2D eigenvalue weighted by molar-refractivity contribution is 4.63. The van der Waals surface area contributed by atoms with Crippen LogP contribution in [0.25, 0.3) is 0 Å². The summed E-state index contributed by atoms with van der Waals surface area (Å²) in [5, 5.41) is 19.1. The number of hydrogen-bond acceptors (Lipinski definition) is 3. The molecular weight excluding hydrogens is 118 g/mol. The van der Waals surface area contributed by atoms with Crippen molar-refractivity contribution in [2.75, 3.05) is 0 Å². The second kappa shape index (κ2) is 2.64. The molecule has 0 aliphatic heterocycles. The number of rotatable bonds is 2. The third-order valence-electron chi connectivity index (χ3n) is 1.05. The van der Waals surface area contributed by atoms with Gasteiger partial charge in [-0.1, -0.05) is 0 Å². The molecule has 0 aromatic carbocycles. The zero-order valence-electron chi connectivity index (χ0n) is 6.42. The highest BCUT2D eigenvalue weighted by atomic mass is 16.5. The van der Waals surface area contributed by atoms with E-state index in [1.165, 1.54) is 13.8 Å². The zero-order valence-corrected chi connectivity index (χ0v) is 6.42. The van der Waals surface area contributed by atoms with Crippen molar-refractivity contribution in [2.45, 2.75) is 39.5 Å². The van der Waals surface area contributed by atoms with Gasteiger partial charge in [0.2, 0.25) is 0 Å². The van der Waals surface area contributed by atoms with Gasteiger partial charge in [-0.3, -0.25) is 0 Å². The van der Waals surface area contributed by atoms with Crippen LogP contribution in [0.15, 0.2) is 0 Å². The van der Waals surface area contributed by atoms with Gasteiger partial charge < -0.3 is 10.3 Å². The van der Waals surface area contributed by atoms with Crippen LogP contribution >= 0.6 is 0 Å². The third-order valence-corrected chi connectivity index (χ3v) is 1.05. The van der Waals surface area contributed by atoms with Gasteiger partial charge in [0.05, 0.1) is 0 Å². The first-order chi connectivity index (χ1) is 3.85. The van der Waals surface area contributed by atoms with Crippen LogP contribution in [0, 0.1) is 0 Å². The molecule has 0 heterocycles. The van der Waals surface area contributed by atoms with E-state index in [0.717, 1.165) is 5.06 Å². The highest BCUT2D eigenvalue weighted by Crippen LogP contribution is 2.09. The van der Waals surface area contributed by atoms with Crippen LogP contribution in [0.5, 0.6) is 0 Å². The lowest BCUT2D eigenvalue weighted by Gasteiger charge is -2.30. The summed E-state index contributed by atoms with van der Waals surface area (Å²) in [7, 11) is 0. The van der Waals surface area contributed by atoms with Gasteiger partial charge in [-0.25, -0.2) is 0 Å². The molecule has 9 heavy (non-hydrogen) atoms. The molecule has 0 aliphatic rings. The Morgan fingerprint density at radius 1 is 1.33 bits per heavy atom. The molecule has 0 unspecified atom stereocenters. The zero-order chi connectivity index (χ0) is 7.65. The average Bonchev–Trinajstić information content (AvgIpc) is 1.62. The maximum atomic E-state index is 9.13. The van der Waals surface area contributed by atoms with Crippen molar-refractivity contribution < 1.29 is 10.3 Å². The van der Waals surface area contributed by atoms with E-state index in [1.54, 1.807) is 13.8 Å². The van der Waals surface area contributed by atoms with Gasteiger partial charge in [0.15, 0.2) is 0 Å². The first-order valence-corrected chi connectivity index (χ1v) is 3.06. The van der Waals surface area contributed by atoms with Crippen molar-refractivity contribution in [1.29, 1.82) is 0 Å². The van der Waals surface area contributed by atoms with Crippen LogP contribution in [-0.2, 0) is 0 Å². The molecular formula is C6H15NO2. The fourth-order valence-electron chi connectivity index (χ4n) is 0.632. The molecule has 0 atom stereocenters.